The van der Waals surface area contributed by atoms with Crippen molar-refractivity contribution in [2.45, 2.75) is 83.5 Å². The van der Waals surface area contributed by atoms with Crippen molar-refractivity contribution in [1.29, 1.82) is 0 Å². The minimum absolute atomic E-state index is 0.0733. The topological polar surface area (TPSA) is 72.5 Å². The quantitative estimate of drug-likeness (QED) is 0.160. The number of ketones is 1. The van der Waals surface area contributed by atoms with Crippen molar-refractivity contribution in [3.05, 3.63) is 105 Å². The average Bonchev–Trinajstić information content (AvgIpc) is 3.71. The Hall–Kier alpha value is -4.65. The van der Waals surface area contributed by atoms with E-state index in [4.69, 9.17) is 28.4 Å². The number of carbonyl (C=O) groups excluding carboxylic acids is 1. The molecule has 0 unspecified atom stereocenters. The van der Waals surface area contributed by atoms with Gasteiger partial charge in [0.05, 0.1) is 42.7 Å². The highest BCUT2D eigenvalue weighted by Crippen LogP contribution is 2.64. The largest absolute Gasteiger partial charge is 0.496 e. The van der Waals surface area contributed by atoms with Gasteiger partial charge in [0.25, 0.3) is 0 Å². The number of hydrogen-bond acceptors (Lipinski definition) is 7. The van der Waals surface area contributed by atoms with E-state index in [1.807, 2.05) is 25.1 Å². The van der Waals surface area contributed by atoms with Crippen molar-refractivity contribution in [2.24, 2.45) is 23.7 Å². The van der Waals surface area contributed by atoms with Crippen LogP contribution in [-0.2, 0) is 35.9 Å². The van der Waals surface area contributed by atoms with Gasteiger partial charge in [-0.1, -0.05) is 37.1 Å². The van der Waals surface area contributed by atoms with Crippen molar-refractivity contribution < 1.29 is 33.2 Å². The molecule has 7 nitrogen and oxygen atoms in total. The van der Waals surface area contributed by atoms with Crippen molar-refractivity contribution >= 4 is 5.78 Å². The fraction of sp³-hybridized carbons (Fsp3) is 0.479. The van der Waals surface area contributed by atoms with Crippen molar-refractivity contribution in [3.63, 3.8) is 0 Å². The highest BCUT2D eigenvalue weighted by Gasteiger charge is 2.58. The number of benzene rings is 4. The van der Waals surface area contributed by atoms with Crippen LogP contribution in [-0.4, -0.2) is 48.4 Å². The molecule has 0 bridgehead atoms. The molecule has 4 aliphatic rings. The predicted molar refractivity (Wildman–Crippen MR) is 217 cm³/mol. The van der Waals surface area contributed by atoms with E-state index in [1.165, 1.54) is 59.1 Å². The van der Waals surface area contributed by atoms with Gasteiger partial charge in [-0.3, -0.25) is 4.79 Å². The molecule has 0 saturated heterocycles. The molecule has 4 aromatic rings. The number of aryl methyl sites for hydroxylation is 2. The Bertz CT molecular complexity index is 2030. The summed E-state index contributed by atoms with van der Waals surface area (Å²) in [6, 6.07) is 21.4. The third-order valence-corrected chi connectivity index (χ3v) is 13.2. The summed E-state index contributed by atoms with van der Waals surface area (Å²) in [5.74, 6) is 6.93. The first-order chi connectivity index (χ1) is 26.7. The Morgan fingerprint density at radius 1 is 0.509 bits per heavy atom. The van der Waals surface area contributed by atoms with Gasteiger partial charge in [0.15, 0.2) is 23.0 Å². The molecule has 0 amide bonds. The summed E-state index contributed by atoms with van der Waals surface area (Å²) in [5, 5.41) is 0. The Kier molecular flexibility index (Phi) is 11.4. The molecular weight excluding hydrogens is 689 g/mol. The monoisotopic (exact) mass is 746 g/mol. The fourth-order valence-electron chi connectivity index (χ4n) is 10.7. The van der Waals surface area contributed by atoms with E-state index in [0.717, 1.165) is 72.6 Å². The van der Waals surface area contributed by atoms with Gasteiger partial charge in [0.2, 0.25) is 0 Å². The zero-order chi connectivity index (χ0) is 38.9. The molecule has 0 aliphatic heterocycles. The van der Waals surface area contributed by atoms with E-state index in [2.05, 4.69) is 49.4 Å². The molecule has 0 radical (unpaired) electrons. The second-order valence-corrected chi connectivity index (χ2v) is 16.1. The van der Waals surface area contributed by atoms with Gasteiger partial charge in [0, 0.05) is 17.3 Å². The van der Waals surface area contributed by atoms with E-state index < -0.39 is 0 Å². The van der Waals surface area contributed by atoms with Crippen LogP contribution in [0.5, 0.6) is 34.5 Å². The summed E-state index contributed by atoms with van der Waals surface area (Å²) >= 11 is 0. The summed E-state index contributed by atoms with van der Waals surface area (Å²) in [7, 11) is 10.2. The van der Waals surface area contributed by atoms with E-state index in [0.29, 0.717) is 29.1 Å². The minimum atomic E-state index is 0.0733. The molecule has 55 heavy (non-hydrogen) atoms. The summed E-state index contributed by atoms with van der Waals surface area (Å²) in [6.45, 7) is 4.19. The van der Waals surface area contributed by atoms with Gasteiger partial charge >= 0.3 is 0 Å². The molecule has 4 aliphatic carbocycles. The number of carbonyl (C=O) groups is 1. The fourth-order valence-corrected chi connectivity index (χ4v) is 10.7. The van der Waals surface area contributed by atoms with Crippen LogP contribution in [0.25, 0.3) is 0 Å². The minimum Gasteiger partial charge on any atom is -0.496 e. The lowest BCUT2D eigenvalue weighted by Gasteiger charge is -2.43. The van der Waals surface area contributed by atoms with Gasteiger partial charge in [0.1, 0.15) is 17.3 Å². The summed E-state index contributed by atoms with van der Waals surface area (Å²) in [6.07, 6.45) is 10.8. The van der Waals surface area contributed by atoms with Gasteiger partial charge in [-0.25, -0.2) is 0 Å². The van der Waals surface area contributed by atoms with Crippen LogP contribution >= 0.6 is 0 Å². The predicted octanol–water partition coefficient (Wildman–Crippen LogP) is 9.63. The van der Waals surface area contributed by atoms with E-state index in [1.54, 1.807) is 42.7 Å². The number of rotatable bonds is 10. The molecule has 2 fully saturated rings. The standard InChI is InChI=1S/C24H30O4.C24H28O3/c1-16-8-9-17(14-22(16)27-3)12-19-6-5-7-20(24(19)25)13-18-10-11-21(26-2)23(15-18)28-4;1-14-8-15-9-17-6-5-7-18-10-16-11-22(26-3)23(27-4)13-20(16)24(17,18)19(15)12-21(14)25-2/h8-11,14-15,19-20H,5-7,12-13H2,1-4H3;8,11-13,17-18H,5-7,9-10H2,1-4H3/t19-,20-;17-,18-,24-/m00/s1. The van der Waals surface area contributed by atoms with Crippen molar-refractivity contribution in [3.8, 4) is 34.5 Å². The van der Waals surface area contributed by atoms with E-state index in [9.17, 15) is 4.79 Å². The Morgan fingerprint density at radius 3 is 1.55 bits per heavy atom. The van der Waals surface area contributed by atoms with Gasteiger partial charge in [-0.2, -0.15) is 0 Å². The van der Waals surface area contributed by atoms with Crippen LogP contribution in [0.4, 0.5) is 0 Å². The van der Waals surface area contributed by atoms with Crippen LogP contribution in [0, 0.1) is 37.5 Å². The molecule has 7 heteroatoms. The number of fused-ring (bicyclic) bond motifs is 2. The molecule has 8 rings (SSSR count). The molecule has 4 aromatic carbocycles. The van der Waals surface area contributed by atoms with Crippen LogP contribution in [0.3, 0.4) is 0 Å². The van der Waals surface area contributed by atoms with Gasteiger partial charge < -0.3 is 28.4 Å². The van der Waals surface area contributed by atoms with Crippen molar-refractivity contribution in [1.82, 2.24) is 0 Å². The number of ether oxygens (including phenoxy) is 6. The number of hydrogen-bond donors (Lipinski definition) is 0. The Morgan fingerprint density at radius 2 is 0.964 bits per heavy atom. The van der Waals surface area contributed by atoms with Crippen LogP contribution in [0.2, 0.25) is 0 Å². The third-order valence-electron chi connectivity index (χ3n) is 13.2. The normalized spacial score (nSPS) is 23.3. The maximum absolute atomic E-state index is 13.1. The lowest BCUT2D eigenvalue weighted by Crippen LogP contribution is -2.41. The van der Waals surface area contributed by atoms with Gasteiger partial charge in [-0.05, 0) is 158 Å². The first-order valence-electron chi connectivity index (χ1n) is 20.0. The SMILES string of the molecule is COc1cc(C[C@@H]2CCC[C@@H](Cc3ccc(OC)c(OC)c3)C2=O)ccc1C.COc1cc2c(cc1C)C[C@@H]1CCC[C@H]3Cc4cc(OC)c(OC)cc4[C@@]213. The summed E-state index contributed by atoms with van der Waals surface area (Å²) in [4.78, 5) is 13.1. The Labute approximate surface area is 327 Å². The molecule has 5 atom stereocenters. The zero-order valence-electron chi connectivity index (χ0n) is 34.0. The third kappa shape index (κ3) is 7.04. The molecule has 0 aromatic heterocycles. The van der Waals surface area contributed by atoms with Crippen LogP contribution in [0.1, 0.15) is 83.0 Å². The second-order valence-electron chi connectivity index (χ2n) is 16.1. The Balaban J connectivity index is 0.000000169. The smallest absolute Gasteiger partial charge is 0.161 e. The van der Waals surface area contributed by atoms with Crippen molar-refractivity contribution in [2.75, 3.05) is 42.7 Å². The first-order valence-corrected chi connectivity index (χ1v) is 20.0. The molecular formula is C48H58O7. The van der Waals surface area contributed by atoms with E-state index in [-0.39, 0.29) is 17.3 Å². The maximum Gasteiger partial charge on any atom is 0.161 e. The first kappa shape index (κ1) is 38.6. The van der Waals surface area contributed by atoms with Crippen LogP contribution in [0.15, 0.2) is 60.7 Å². The highest BCUT2D eigenvalue weighted by molar-refractivity contribution is 5.84. The molecule has 1 spiro atoms. The second kappa shape index (κ2) is 16.2. The molecule has 2 saturated carbocycles. The summed E-state index contributed by atoms with van der Waals surface area (Å²) < 4.78 is 33.2. The number of methoxy groups -OCH3 is 6. The zero-order valence-corrected chi connectivity index (χ0v) is 34.0. The molecule has 0 N–H and O–H groups in total. The van der Waals surface area contributed by atoms with Gasteiger partial charge in [-0.15, -0.1) is 0 Å². The van der Waals surface area contributed by atoms with Crippen LogP contribution < -0.4 is 28.4 Å². The molecule has 292 valence electrons. The average molecular weight is 747 g/mol. The highest BCUT2D eigenvalue weighted by atomic mass is 16.5. The molecule has 0 heterocycles. The van der Waals surface area contributed by atoms with E-state index >= 15 is 0 Å². The number of Topliss-reactive ketones (excluding diaryl/α,β-unsaturated/α-hetero) is 1. The maximum atomic E-state index is 13.1. The summed E-state index contributed by atoms with van der Waals surface area (Å²) in [5.41, 5.74) is 10.7. The lowest BCUT2D eigenvalue weighted by molar-refractivity contribution is -0.129. The lowest BCUT2D eigenvalue weighted by atomic mass is 9.59.